The number of nitrogens with two attached hydrogens (primary N) is 1. The van der Waals surface area contributed by atoms with Crippen LogP contribution in [0.2, 0.25) is 0 Å². The fourth-order valence-corrected chi connectivity index (χ4v) is 4.57. The SMILES string of the molecule is Nc1cc(N2CCN(CC(=O)NCCc3ccccc3)CC2)c2cc(-c3ccc(F)cc3)ncc2n1. The molecule has 0 spiro atoms. The number of carbonyl (C=O) groups excluding carboxylic acids is 1. The van der Waals surface area contributed by atoms with Gasteiger partial charge in [0.05, 0.1) is 29.6 Å². The van der Waals surface area contributed by atoms with Gasteiger partial charge in [0.15, 0.2) is 0 Å². The van der Waals surface area contributed by atoms with Gasteiger partial charge in [-0.05, 0) is 42.3 Å². The molecule has 3 heterocycles. The molecular formula is C28H29FN6O. The number of anilines is 2. The van der Waals surface area contributed by atoms with E-state index in [1.54, 1.807) is 18.3 Å². The molecule has 3 N–H and O–H groups in total. The number of benzene rings is 2. The van der Waals surface area contributed by atoms with Crippen molar-refractivity contribution in [2.45, 2.75) is 6.42 Å². The van der Waals surface area contributed by atoms with Crippen LogP contribution in [0, 0.1) is 5.82 Å². The molecule has 4 aromatic rings. The monoisotopic (exact) mass is 484 g/mol. The lowest BCUT2D eigenvalue weighted by molar-refractivity contribution is -0.122. The zero-order valence-electron chi connectivity index (χ0n) is 20.0. The average molecular weight is 485 g/mol. The van der Waals surface area contributed by atoms with Crippen LogP contribution in [0.1, 0.15) is 5.56 Å². The van der Waals surface area contributed by atoms with Crippen molar-refractivity contribution < 1.29 is 9.18 Å². The third-order valence-electron chi connectivity index (χ3n) is 6.49. The molecule has 0 saturated carbocycles. The maximum Gasteiger partial charge on any atom is 0.234 e. The topological polar surface area (TPSA) is 87.4 Å². The molecule has 8 heteroatoms. The first kappa shape index (κ1) is 23.7. The van der Waals surface area contributed by atoms with Crippen molar-refractivity contribution in [3.8, 4) is 11.3 Å². The molecule has 36 heavy (non-hydrogen) atoms. The molecule has 0 atom stereocenters. The van der Waals surface area contributed by atoms with E-state index in [1.807, 2.05) is 30.3 Å². The van der Waals surface area contributed by atoms with Gasteiger partial charge in [-0.2, -0.15) is 0 Å². The number of nitrogens with zero attached hydrogens (tertiary/aromatic N) is 4. The fraction of sp³-hybridized carbons (Fsp3) is 0.250. The zero-order valence-corrected chi connectivity index (χ0v) is 20.0. The predicted molar refractivity (Wildman–Crippen MR) is 141 cm³/mol. The Hall–Kier alpha value is -4.04. The normalized spacial score (nSPS) is 14.2. The number of halogens is 1. The molecule has 5 rings (SSSR count). The van der Waals surface area contributed by atoms with Crippen molar-refractivity contribution in [1.29, 1.82) is 0 Å². The van der Waals surface area contributed by atoms with E-state index in [0.29, 0.717) is 18.9 Å². The lowest BCUT2D eigenvalue weighted by Gasteiger charge is -2.36. The van der Waals surface area contributed by atoms with Crippen LogP contribution in [0.25, 0.3) is 22.2 Å². The highest BCUT2D eigenvalue weighted by Crippen LogP contribution is 2.31. The first-order chi connectivity index (χ1) is 17.5. The Kier molecular flexibility index (Phi) is 7.04. The summed E-state index contributed by atoms with van der Waals surface area (Å²) in [6, 6.07) is 20.3. The molecule has 1 saturated heterocycles. The number of nitrogen functional groups attached to an aromatic ring is 1. The number of pyridine rings is 2. The minimum Gasteiger partial charge on any atom is -0.384 e. The van der Waals surface area contributed by atoms with Crippen LogP contribution in [0.5, 0.6) is 0 Å². The van der Waals surface area contributed by atoms with E-state index < -0.39 is 0 Å². The van der Waals surface area contributed by atoms with Gasteiger partial charge in [-0.3, -0.25) is 14.7 Å². The number of fused-ring (bicyclic) bond motifs is 1. The van der Waals surface area contributed by atoms with Gasteiger partial charge < -0.3 is 16.0 Å². The third kappa shape index (κ3) is 5.60. The van der Waals surface area contributed by atoms with Gasteiger partial charge in [-0.1, -0.05) is 30.3 Å². The van der Waals surface area contributed by atoms with Crippen LogP contribution in [0.15, 0.2) is 72.9 Å². The standard InChI is InChI=1S/C28H29FN6O/c29-22-8-6-21(7-9-22)24-16-23-25(18-32-24)33-27(30)17-26(23)35-14-12-34(13-15-35)19-28(36)31-11-10-20-4-2-1-3-5-20/h1-9,16-18H,10-15,19H2,(H2,30,33)(H,31,36). The summed E-state index contributed by atoms with van der Waals surface area (Å²) in [6.45, 7) is 4.10. The van der Waals surface area contributed by atoms with Crippen LogP contribution >= 0.6 is 0 Å². The van der Waals surface area contributed by atoms with E-state index in [0.717, 1.165) is 60.4 Å². The van der Waals surface area contributed by atoms with Crippen molar-refractivity contribution in [3.05, 3.63) is 84.3 Å². The van der Waals surface area contributed by atoms with E-state index in [4.69, 9.17) is 5.73 Å². The minimum atomic E-state index is -0.280. The van der Waals surface area contributed by atoms with Crippen LogP contribution < -0.4 is 16.0 Å². The lowest BCUT2D eigenvalue weighted by atomic mass is 10.1. The van der Waals surface area contributed by atoms with Crippen LogP contribution in [0.3, 0.4) is 0 Å². The van der Waals surface area contributed by atoms with Gasteiger partial charge in [0, 0.05) is 49.7 Å². The Morgan fingerprint density at radius 3 is 2.50 bits per heavy atom. The van der Waals surface area contributed by atoms with Gasteiger partial charge >= 0.3 is 0 Å². The highest BCUT2D eigenvalue weighted by atomic mass is 19.1. The Balaban J connectivity index is 1.22. The molecular weight excluding hydrogens is 455 g/mol. The molecule has 0 bridgehead atoms. The fourth-order valence-electron chi connectivity index (χ4n) is 4.57. The summed E-state index contributed by atoms with van der Waals surface area (Å²) in [5, 5.41) is 3.98. The smallest absolute Gasteiger partial charge is 0.234 e. The van der Waals surface area contributed by atoms with Crippen molar-refractivity contribution in [2.75, 3.05) is 49.9 Å². The van der Waals surface area contributed by atoms with Gasteiger partial charge in [0.2, 0.25) is 5.91 Å². The Bertz CT molecular complexity index is 1340. The molecule has 1 fully saturated rings. The second-order valence-corrected chi connectivity index (χ2v) is 9.01. The lowest BCUT2D eigenvalue weighted by Crippen LogP contribution is -2.49. The number of carbonyl (C=O) groups is 1. The summed E-state index contributed by atoms with van der Waals surface area (Å²) in [6.07, 6.45) is 2.54. The van der Waals surface area contributed by atoms with E-state index >= 15 is 0 Å². The maximum absolute atomic E-state index is 13.4. The minimum absolute atomic E-state index is 0.0491. The molecule has 0 unspecified atom stereocenters. The van der Waals surface area contributed by atoms with Gasteiger partial charge in [-0.15, -0.1) is 0 Å². The predicted octanol–water partition coefficient (Wildman–Crippen LogP) is 3.50. The van der Waals surface area contributed by atoms with E-state index in [1.165, 1.54) is 17.7 Å². The maximum atomic E-state index is 13.4. The van der Waals surface area contributed by atoms with E-state index in [2.05, 4.69) is 37.2 Å². The van der Waals surface area contributed by atoms with E-state index in [-0.39, 0.29) is 11.7 Å². The largest absolute Gasteiger partial charge is 0.384 e. The third-order valence-corrected chi connectivity index (χ3v) is 6.49. The zero-order chi connectivity index (χ0) is 24.9. The summed E-state index contributed by atoms with van der Waals surface area (Å²) in [5.41, 5.74) is 10.6. The number of hydrogen-bond acceptors (Lipinski definition) is 6. The highest BCUT2D eigenvalue weighted by molar-refractivity contribution is 5.95. The molecule has 184 valence electrons. The Labute approximate surface area is 209 Å². The number of aromatic nitrogens is 2. The summed E-state index contributed by atoms with van der Waals surface area (Å²) in [7, 11) is 0. The number of nitrogens with one attached hydrogen (secondary N) is 1. The van der Waals surface area contributed by atoms with Crippen molar-refractivity contribution >= 4 is 28.3 Å². The number of rotatable bonds is 7. The Morgan fingerprint density at radius 1 is 1.00 bits per heavy atom. The highest BCUT2D eigenvalue weighted by Gasteiger charge is 2.21. The molecule has 1 aliphatic heterocycles. The second-order valence-electron chi connectivity index (χ2n) is 9.01. The molecule has 1 aliphatic rings. The molecule has 0 aliphatic carbocycles. The molecule has 7 nitrogen and oxygen atoms in total. The summed E-state index contributed by atoms with van der Waals surface area (Å²) in [5.74, 6) is 0.208. The summed E-state index contributed by atoms with van der Waals surface area (Å²) < 4.78 is 13.4. The molecule has 2 aromatic carbocycles. The quantitative estimate of drug-likeness (QED) is 0.418. The second kappa shape index (κ2) is 10.7. The van der Waals surface area contributed by atoms with Crippen LogP contribution in [-0.4, -0.2) is 60.0 Å². The van der Waals surface area contributed by atoms with Crippen molar-refractivity contribution in [3.63, 3.8) is 0 Å². The number of amides is 1. The van der Waals surface area contributed by atoms with Crippen LogP contribution in [-0.2, 0) is 11.2 Å². The first-order valence-corrected chi connectivity index (χ1v) is 12.2. The number of hydrogen-bond donors (Lipinski definition) is 2. The average Bonchev–Trinajstić information content (AvgIpc) is 2.89. The van der Waals surface area contributed by atoms with E-state index in [9.17, 15) is 9.18 Å². The molecule has 2 aromatic heterocycles. The number of piperazine rings is 1. The Morgan fingerprint density at radius 2 is 1.75 bits per heavy atom. The summed E-state index contributed by atoms with van der Waals surface area (Å²) >= 11 is 0. The van der Waals surface area contributed by atoms with Crippen molar-refractivity contribution in [2.24, 2.45) is 0 Å². The van der Waals surface area contributed by atoms with Gasteiger partial charge in [0.25, 0.3) is 0 Å². The van der Waals surface area contributed by atoms with Gasteiger partial charge in [-0.25, -0.2) is 9.37 Å². The molecule has 1 amide bonds. The summed E-state index contributed by atoms with van der Waals surface area (Å²) in [4.78, 5) is 25.9. The van der Waals surface area contributed by atoms with Gasteiger partial charge in [0.1, 0.15) is 11.6 Å². The molecule has 0 radical (unpaired) electrons. The first-order valence-electron chi connectivity index (χ1n) is 12.2. The van der Waals surface area contributed by atoms with Crippen molar-refractivity contribution in [1.82, 2.24) is 20.2 Å². The van der Waals surface area contributed by atoms with Crippen LogP contribution in [0.4, 0.5) is 15.9 Å².